The number of hydrogen-bond donors (Lipinski definition) is 2. The van der Waals surface area contributed by atoms with Gasteiger partial charge in [0.2, 0.25) is 0 Å². The van der Waals surface area contributed by atoms with E-state index < -0.39 is 5.91 Å². The fourth-order valence-electron chi connectivity index (χ4n) is 1.39. The Morgan fingerprint density at radius 2 is 2.16 bits per heavy atom. The number of carbonyl (C=O) groups excluding carboxylic acids is 1. The van der Waals surface area contributed by atoms with Crippen LogP contribution in [0.5, 0.6) is 0 Å². The summed E-state index contributed by atoms with van der Waals surface area (Å²) in [6.45, 7) is 0. The Morgan fingerprint density at radius 3 is 2.79 bits per heavy atom. The van der Waals surface area contributed by atoms with E-state index in [0.29, 0.717) is 16.8 Å². The Bertz CT molecular complexity index is 574. The molecule has 2 rings (SSSR count). The zero-order chi connectivity index (χ0) is 13.8. The molecule has 0 saturated heterocycles. The molecule has 1 aromatic carbocycles. The third-order valence-electron chi connectivity index (χ3n) is 2.61. The fraction of sp³-hybridized carbons (Fsp3) is 0.231. The highest BCUT2D eigenvalue weighted by molar-refractivity contribution is 6.44. The summed E-state index contributed by atoms with van der Waals surface area (Å²) in [5.41, 5.74) is 0.384. The van der Waals surface area contributed by atoms with Crippen molar-refractivity contribution < 1.29 is 4.79 Å². The number of nitrogens with one attached hydrogen (secondary N) is 2. The van der Waals surface area contributed by atoms with Crippen LogP contribution in [0.3, 0.4) is 0 Å². The van der Waals surface area contributed by atoms with Crippen LogP contribution in [0.25, 0.3) is 0 Å². The van der Waals surface area contributed by atoms with Gasteiger partial charge in [-0.15, -0.1) is 0 Å². The Labute approximate surface area is 121 Å². The normalized spacial score (nSPS) is 14.7. The first-order valence-electron chi connectivity index (χ1n) is 5.73. The molecule has 0 heterocycles. The molecule has 0 bridgehead atoms. The van der Waals surface area contributed by atoms with Crippen LogP contribution in [0, 0.1) is 11.3 Å². The molecule has 98 valence electrons. The van der Waals surface area contributed by atoms with Gasteiger partial charge in [-0.25, -0.2) is 0 Å². The average molecular weight is 296 g/mol. The molecule has 0 aromatic heterocycles. The van der Waals surface area contributed by atoms with Crippen molar-refractivity contribution in [2.24, 2.45) is 0 Å². The van der Waals surface area contributed by atoms with Crippen LogP contribution in [0.1, 0.15) is 12.8 Å². The monoisotopic (exact) mass is 295 g/mol. The molecule has 6 heteroatoms. The van der Waals surface area contributed by atoms with Gasteiger partial charge in [0.1, 0.15) is 11.6 Å². The highest BCUT2D eigenvalue weighted by atomic mass is 35.5. The molecule has 1 aliphatic rings. The maximum absolute atomic E-state index is 11.9. The first-order valence-corrected chi connectivity index (χ1v) is 6.49. The van der Waals surface area contributed by atoms with E-state index in [4.69, 9.17) is 28.5 Å². The second-order valence-corrected chi connectivity index (χ2v) is 4.95. The summed E-state index contributed by atoms with van der Waals surface area (Å²) >= 11 is 11.8. The first-order chi connectivity index (χ1) is 9.11. The molecule has 1 saturated carbocycles. The molecular weight excluding hydrogens is 285 g/mol. The van der Waals surface area contributed by atoms with E-state index in [-0.39, 0.29) is 10.6 Å². The van der Waals surface area contributed by atoms with E-state index in [2.05, 4.69) is 10.6 Å². The quantitative estimate of drug-likeness (QED) is 0.663. The zero-order valence-electron chi connectivity index (χ0n) is 9.91. The van der Waals surface area contributed by atoms with E-state index in [0.717, 1.165) is 12.8 Å². The van der Waals surface area contributed by atoms with Crippen LogP contribution >= 0.6 is 23.2 Å². The van der Waals surface area contributed by atoms with Crippen molar-refractivity contribution >= 4 is 34.8 Å². The van der Waals surface area contributed by atoms with Crippen molar-refractivity contribution in [2.75, 3.05) is 5.32 Å². The van der Waals surface area contributed by atoms with Crippen LogP contribution in [-0.4, -0.2) is 11.9 Å². The molecule has 0 unspecified atom stereocenters. The van der Waals surface area contributed by atoms with Crippen molar-refractivity contribution in [2.45, 2.75) is 18.9 Å². The van der Waals surface area contributed by atoms with Gasteiger partial charge in [0, 0.05) is 12.2 Å². The highest BCUT2D eigenvalue weighted by Gasteiger charge is 2.20. The van der Waals surface area contributed by atoms with Gasteiger partial charge in [-0.3, -0.25) is 4.79 Å². The minimum Gasteiger partial charge on any atom is -0.387 e. The van der Waals surface area contributed by atoms with E-state index in [1.807, 2.05) is 6.07 Å². The minimum absolute atomic E-state index is 0.00272. The number of nitrogens with zero attached hydrogens (tertiary/aromatic N) is 1. The van der Waals surface area contributed by atoms with E-state index >= 15 is 0 Å². The van der Waals surface area contributed by atoms with Gasteiger partial charge in [-0.05, 0) is 25.0 Å². The summed E-state index contributed by atoms with van der Waals surface area (Å²) in [6, 6.07) is 7.14. The Morgan fingerprint density at radius 1 is 1.42 bits per heavy atom. The summed E-state index contributed by atoms with van der Waals surface area (Å²) in [5, 5.41) is 15.1. The Hall–Kier alpha value is -1.70. The van der Waals surface area contributed by atoms with Gasteiger partial charge in [0.25, 0.3) is 5.91 Å². The largest absolute Gasteiger partial charge is 0.387 e. The predicted molar refractivity (Wildman–Crippen MR) is 74.9 cm³/mol. The number of amides is 1. The van der Waals surface area contributed by atoms with E-state index in [1.54, 1.807) is 18.2 Å². The lowest BCUT2D eigenvalue weighted by Crippen LogP contribution is -2.17. The average Bonchev–Trinajstić information content (AvgIpc) is 3.20. The minimum atomic E-state index is -0.514. The summed E-state index contributed by atoms with van der Waals surface area (Å²) in [5.74, 6) is -0.514. The molecule has 0 spiro atoms. The standard InChI is InChI=1S/C13H11Cl2N3O/c14-10-2-1-3-11(12(10)15)18-13(19)8(6-16)7-17-9-4-5-9/h1-3,7,9,17H,4-5H2,(H,18,19)/b8-7-. The second-order valence-electron chi connectivity index (χ2n) is 4.17. The van der Waals surface area contributed by atoms with Crippen molar-refractivity contribution in [3.63, 3.8) is 0 Å². The van der Waals surface area contributed by atoms with Crippen molar-refractivity contribution in [1.29, 1.82) is 5.26 Å². The first kappa shape index (κ1) is 13.7. The number of hydrogen-bond acceptors (Lipinski definition) is 3. The van der Waals surface area contributed by atoms with E-state index in [1.165, 1.54) is 6.20 Å². The summed E-state index contributed by atoms with van der Waals surface area (Å²) < 4.78 is 0. The number of rotatable bonds is 4. The lowest BCUT2D eigenvalue weighted by molar-refractivity contribution is -0.112. The van der Waals surface area contributed by atoms with E-state index in [9.17, 15) is 4.79 Å². The van der Waals surface area contributed by atoms with Crippen LogP contribution < -0.4 is 10.6 Å². The molecule has 0 radical (unpaired) electrons. The van der Waals surface area contributed by atoms with Gasteiger partial charge in [0.15, 0.2) is 0 Å². The lowest BCUT2D eigenvalue weighted by atomic mass is 10.2. The summed E-state index contributed by atoms with van der Waals surface area (Å²) in [6.07, 6.45) is 3.57. The molecule has 0 atom stereocenters. The Balaban J connectivity index is 2.08. The number of halogens is 2. The van der Waals surface area contributed by atoms with Gasteiger partial charge in [0.05, 0.1) is 15.7 Å². The van der Waals surface area contributed by atoms with Crippen LogP contribution in [0.2, 0.25) is 10.0 Å². The van der Waals surface area contributed by atoms with Crippen molar-refractivity contribution in [3.8, 4) is 6.07 Å². The molecule has 1 aromatic rings. The third kappa shape index (κ3) is 3.63. The number of nitriles is 1. The number of anilines is 1. The molecule has 0 aliphatic heterocycles. The van der Waals surface area contributed by atoms with Crippen molar-refractivity contribution in [3.05, 3.63) is 40.0 Å². The predicted octanol–water partition coefficient (Wildman–Crippen LogP) is 3.09. The number of carbonyl (C=O) groups is 1. The smallest absolute Gasteiger partial charge is 0.267 e. The second kappa shape index (κ2) is 5.96. The van der Waals surface area contributed by atoms with Gasteiger partial charge >= 0.3 is 0 Å². The van der Waals surface area contributed by atoms with Gasteiger partial charge in [-0.1, -0.05) is 29.3 Å². The zero-order valence-corrected chi connectivity index (χ0v) is 11.4. The highest BCUT2D eigenvalue weighted by Crippen LogP contribution is 2.29. The van der Waals surface area contributed by atoms with Crippen LogP contribution in [0.4, 0.5) is 5.69 Å². The molecule has 2 N–H and O–H groups in total. The topological polar surface area (TPSA) is 64.9 Å². The SMILES string of the molecule is N#C/C(=C/NC1CC1)C(=O)Nc1cccc(Cl)c1Cl. The Kier molecular flexibility index (Phi) is 4.31. The fourth-order valence-corrected chi connectivity index (χ4v) is 1.74. The summed E-state index contributed by atoms with van der Waals surface area (Å²) in [4.78, 5) is 11.9. The maximum Gasteiger partial charge on any atom is 0.267 e. The van der Waals surface area contributed by atoms with Crippen molar-refractivity contribution in [1.82, 2.24) is 5.32 Å². The van der Waals surface area contributed by atoms with Crippen LogP contribution in [0.15, 0.2) is 30.0 Å². The molecule has 1 aliphatic carbocycles. The molecule has 1 amide bonds. The number of benzene rings is 1. The third-order valence-corrected chi connectivity index (χ3v) is 3.42. The van der Waals surface area contributed by atoms with Crippen LogP contribution in [-0.2, 0) is 4.79 Å². The summed E-state index contributed by atoms with van der Waals surface area (Å²) in [7, 11) is 0. The van der Waals surface area contributed by atoms with Gasteiger partial charge < -0.3 is 10.6 Å². The molecule has 19 heavy (non-hydrogen) atoms. The molecule has 1 fully saturated rings. The lowest BCUT2D eigenvalue weighted by Gasteiger charge is -2.07. The van der Waals surface area contributed by atoms with Gasteiger partial charge in [-0.2, -0.15) is 5.26 Å². The molecule has 4 nitrogen and oxygen atoms in total. The maximum atomic E-state index is 11.9. The molecular formula is C13H11Cl2N3O.